The third-order valence-corrected chi connectivity index (χ3v) is 2.98. The standard InChI is InChI=1S/C9H15N3S/c1-8(4-10)6-13-7-9-5-11-2-3-12-9/h2-3,5,8H,4,6-7,10H2,1H3. The number of thioether (sulfide) groups is 1. The van der Waals surface area contributed by atoms with Crippen molar-refractivity contribution in [3.63, 3.8) is 0 Å². The van der Waals surface area contributed by atoms with Crippen LogP contribution in [0.15, 0.2) is 18.6 Å². The molecule has 0 fully saturated rings. The lowest BCUT2D eigenvalue weighted by Gasteiger charge is -2.06. The van der Waals surface area contributed by atoms with Gasteiger partial charge in [-0.1, -0.05) is 6.92 Å². The van der Waals surface area contributed by atoms with Crippen molar-refractivity contribution >= 4 is 11.8 Å². The molecule has 0 aliphatic rings. The molecule has 3 nitrogen and oxygen atoms in total. The zero-order chi connectivity index (χ0) is 9.52. The van der Waals surface area contributed by atoms with E-state index in [0.717, 1.165) is 23.7 Å². The van der Waals surface area contributed by atoms with Crippen LogP contribution in [0.5, 0.6) is 0 Å². The van der Waals surface area contributed by atoms with E-state index in [4.69, 9.17) is 5.73 Å². The van der Waals surface area contributed by atoms with Crippen LogP contribution < -0.4 is 5.73 Å². The number of aromatic nitrogens is 2. The molecule has 0 aromatic carbocycles. The summed E-state index contributed by atoms with van der Waals surface area (Å²) >= 11 is 1.86. The molecule has 1 atom stereocenters. The van der Waals surface area contributed by atoms with Crippen molar-refractivity contribution in [1.29, 1.82) is 0 Å². The highest BCUT2D eigenvalue weighted by Gasteiger charge is 1.99. The summed E-state index contributed by atoms with van der Waals surface area (Å²) in [4.78, 5) is 8.19. The van der Waals surface area contributed by atoms with Crippen LogP contribution in [-0.2, 0) is 5.75 Å². The molecule has 0 aliphatic carbocycles. The van der Waals surface area contributed by atoms with Gasteiger partial charge in [-0.25, -0.2) is 0 Å². The highest BCUT2D eigenvalue weighted by molar-refractivity contribution is 7.98. The Morgan fingerprint density at radius 3 is 3.00 bits per heavy atom. The molecule has 0 amide bonds. The van der Waals surface area contributed by atoms with Crippen LogP contribution in [0, 0.1) is 5.92 Å². The number of hydrogen-bond acceptors (Lipinski definition) is 4. The molecule has 0 saturated carbocycles. The van der Waals surface area contributed by atoms with Gasteiger partial charge in [-0.2, -0.15) is 11.8 Å². The third kappa shape index (κ3) is 4.24. The summed E-state index contributed by atoms with van der Waals surface area (Å²) in [7, 11) is 0. The summed E-state index contributed by atoms with van der Waals surface area (Å²) < 4.78 is 0. The zero-order valence-corrected chi connectivity index (χ0v) is 8.63. The molecule has 0 aliphatic heterocycles. The highest BCUT2D eigenvalue weighted by atomic mass is 32.2. The molecule has 1 heterocycles. The minimum Gasteiger partial charge on any atom is -0.330 e. The van der Waals surface area contributed by atoms with Crippen molar-refractivity contribution in [2.75, 3.05) is 12.3 Å². The minimum absolute atomic E-state index is 0.585. The summed E-state index contributed by atoms with van der Waals surface area (Å²) in [5, 5.41) is 0. The van der Waals surface area contributed by atoms with Crippen LogP contribution in [0.4, 0.5) is 0 Å². The predicted molar refractivity (Wildman–Crippen MR) is 56.4 cm³/mol. The van der Waals surface area contributed by atoms with E-state index < -0.39 is 0 Å². The molecular formula is C9H15N3S. The van der Waals surface area contributed by atoms with Crippen LogP contribution >= 0.6 is 11.8 Å². The quantitative estimate of drug-likeness (QED) is 0.773. The Labute approximate surface area is 83.2 Å². The number of rotatable bonds is 5. The molecular weight excluding hydrogens is 182 g/mol. The van der Waals surface area contributed by atoms with Gasteiger partial charge in [0.05, 0.1) is 5.69 Å². The molecule has 2 N–H and O–H groups in total. The van der Waals surface area contributed by atoms with Gasteiger partial charge in [0.1, 0.15) is 0 Å². The van der Waals surface area contributed by atoms with E-state index in [1.54, 1.807) is 18.6 Å². The molecule has 72 valence electrons. The smallest absolute Gasteiger partial charge is 0.0685 e. The first-order chi connectivity index (χ1) is 6.33. The van der Waals surface area contributed by atoms with Crippen molar-refractivity contribution in [3.8, 4) is 0 Å². The molecule has 1 unspecified atom stereocenters. The fourth-order valence-electron chi connectivity index (χ4n) is 0.837. The van der Waals surface area contributed by atoms with Crippen molar-refractivity contribution in [1.82, 2.24) is 9.97 Å². The summed E-state index contributed by atoms with van der Waals surface area (Å²) in [6, 6.07) is 0. The normalized spacial score (nSPS) is 12.8. The fourth-order valence-corrected chi connectivity index (χ4v) is 1.85. The first kappa shape index (κ1) is 10.5. The second-order valence-corrected chi connectivity index (χ2v) is 4.08. The lowest BCUT2D eigenvalue weighted by molar-refractivity contribution is 0.675. The van der Waals surface area contributed by atoms with Crippen LogP contribution in [0.1, 0.15) is 12.6 Å². The average Bonchev–Trinajstić information content (AvgIpc) is 2.19. The van der Waals surface area contributed by atoms with Gasteiger partial charge in [0, 0.05) is 24.3 Å². The Morgan fingerprint density at radius 1 is 1.54 bits per heavy atom. The first-order valence-corrected chi connectivity index (χ1v) is 5.51. The van der Waals surface area contributed by atoms with Gasteiger partial charge in [-0.05, 0) is 18.2 Å². The van der Waals surface area contributed by atoms with Crippen LogP contribution in [0.25, 0.3) is 0 Å². The molecule has 0 bridgehead atoms. The maximum Gasteiger partial charge on any atom is 0.0685 e. The monoisotopic (exact) mass is 197 g/mol. The van der Waals surface area contributed by atoms with E-state index in [9.17, 15) is 0 Å². The van der Waals surface area contributed by atoms with E-state index >= 15 is 0 Å². The number of hydrogen-bond donors (Lipinski definition) is 1. The van der Waals surface area contributed by atoms with Crippen LogP contribution in [-0.4, -0.2) is 22.3 Å². The average molecular weight is 197 g/mol. The van der Waals surface area contributed by atoms with Crippen LogP contribution in [0.3, 0.4) is 0 Å². The third-order valence-electron chi connectivity index (χ3n) is 1.67. The lowest BCUT2D eigenvalue weighted by Crippen LogP contribution is -2.12. The van der Waals surface area contributed by atoms with Gasteiger partial charge in [0.15, 0.2) is 0 Å². The molecule has 1 aromatic rings. The first-order valence-electron chi connectivity index (χ1n) is 4.35. The SMILES string of the molecule is CC(CN)CSCc1cnccn1. The summed E-state index contributed by atoms with van der Waals surface area (Å²) in [5.74, 6) is 2.60. The van der Waals surface area contributed by atoms with E-state index in [-0.39, 0.29) is 0 Å². The van der Waals surface area contributed by atoms with Crippen molar-refractivity contribution < 1.29 is 0 Å². The Kier molecular flexibility index (Phi) is 4.78. The molecule has 1 rings (SSSR count). The largest absolute Gasteiger partial charge is 0.330 e. The fraction of sp³-hybridized carbons (Fsp3) is 0.556. The second kappa shape index (κ2) is 5.94. The van der Waals surface area contributed by atoms with Crippen LogP contribution in [0.2, 0.25) is 0 Å². The Hall–Kier alpha value is -0.610. The topological polar surface area (TPSA) is 51.8 Å². The summed E-state index contributed by atoms with van der Waals surface area (Å²) in [5.41, 5.74) is 6.55. The Morgan fingerprint density at radius 2 is 2.38 bits per heavy atom. The number of nitrogens with two attached hydrogens (primary N) is 1. The molecule has 13 heavy (non-hydrogen) atoms. The van der Waals surface area contributed by atoms with Gasteiger partial charge in [-0.3, -0.25) is 9.97 Å². The van der Waals surface area contributed by atoms with Crippen molar-refractivity contribution in [2.45, 2.75) is 12.7 Å². The number of nitrogens with zero attached hydrogens (tertiary/aromatic N) is 2. The maximum atomic E-state index is 5.51. The van der Waals surface area contributed by atoms with Crippen molar-refractivity contribution in [3.05, 3.63) is 24.3 Å². The highest BCUT2D eigenvalue weighted by Crippen LogP contribution is 2.12. The summed E-state index contributed by atoms with van der Waals surface area (Å²) in [6.07, 6.45) is 5.22. The molecule has 4 heteroatoms. The summed E-state index contributed by atoms with van der Waals surface area (Å²) in [6.45, 7) is 2.91. The van der Waals surface area contributed by atoms with Gasteiger partial charge < -0.3 is 5.73 Å². The zero-order valence-electron chi connectivity index (χ0n) is 7.81. The Bertz CT molecular complexity index is 228. The Balaban J connectivity index is 2.20. The molecule has 0 spiro atoms. The molecule has 0 saturated heterocycles. The van der Waals surface area contributed by atoms with E-state index in [1.165, 1.54) is 0 Å². The van der Waals surface area contributed by atoms with Crippen molar-refractivity contribution in [2.24, 2.45) is 11.7 Å². The van der Waals surface area contributed by atoms with Gasteiger partial charge in [0.25, 0.3) is 0 Å². The maximum absolute atomic E-state index is 5.51. The minimum atomic E-state index is 0.585. The predicted octanol–water partition coefficient (Wildman–Crippen LogP) is 1.30. The van der Waals surface area contributed by atoms with Gasteiger partial charge in [0.2, 0.25) is 0 Å². The van der Waals surface area contributed by atoms with E-state index in [2.05, 4.69) is 16.9 Å². The molecule has 1 aromatic heterocycles. The molecule has 0 radical (unpaired) electrons. The van der Waals surface area contributed by atoms with Gasteiger partial charge >= 0.3 is 0 Å². The van der Waals surface area contributed by atoms with E-state index in [1.807, 2.05) is 11.8 Å². The van der Waals surface area contributed by atoms with Gasteiger partial charge in [-0.15, -0.1) is 0 Å². The second-order valence-electron chi connectivity index (χ2n) is 3.05. The van der Waals surface area contributed by atoms with E-state index in [0.29, 0.717) is 5.92 Å². The lowest BCUT2D eigenvalue weighted by atomic mass is 10.2.